The van der Waals surface area contributed by atoms with Gasteiger partial charge in [-0.05, 0) is 32.1 Å². The molecule has 0 aromatic heterocycles. The smallest absolute Gasteiger partial charge is 0.756 e. The molecule has 2 aliphatic heterocycles. The van der Waals surface area contributed by atoms with Gasteiger partial charge in [0.25, 0.3) is 31.3 Å². The van der Waals surface area contributed by atoms with Crippen LogP contribution in [0, 0.1) is 0 Å². The van der Waals surface area contributed by atoms with Crippen molar-refractivity contribution < 1.29 is 232 Å². The quantitative estimate of drug-likeness (QED) is 0.00994. The Morgan fingerprint density at radius 2 is 1.18 bits per heavy atom. The second-order valence-electron chi connectivity index (χ2n) is 16.1. The molecule has 390 valence electrons. The van der Waals surface area contributed by atoms with Gasteiger partial charge in [0.05, 0.1) is 18.7 Å². The number of phosphoric ester groups is 4. The summed E-state index contributed by atoms with van der Waals surface area (Å²) in [4.78, 5) is 124. The minimum atomic E-state index is -6.10. The Morgan fingerprint density at radius 3 is 1.75 bits per heavy atom. The van der Waals surface area contributed by atoms with E-state index in [1.807, 2.05) is 18.7 Å². The summed E-state index contributed by atoms with van der Waals surface area (Å²) in [5, 5.41) is 30.6. The van der Waals surface area contributed by atoms with Crippen molar-refractivity contribution in [2.45, 2.75) is 170 Å². The molecule has 2 saturated heterocycles. The molecule has 2 heterocycles. The van der Waals surface area contributed by atoms with Crippen molar-refractivity contribution in [2.75, 3.05) is 25.5 Å². The van der Waals surface area contributed by atoms with Crippen molar-refractivity contribution in [3.05, 3.63) is 0 Å². The van der Waals surface area contributed by atoms with Gasteiger partial charge in [0.1, 0.15) is 43.2 Å². The Balaban J connectivity index is 0. The number of hydrogen-bond acceptors (Lipinski definition) is 22. The number of aliphatic hydroxyl groups excluding tert-OH is 2. The standard InChI is InChI=1S/C35H65N3O24P4S.4Na/c1-2-3-4-6-10-17-27(41)58-22(19-56-26(40)16-9-7-5-8-13-18-36-25(39)15-12-11-14-24-28-23(21-67-24)37-35(44)38-28)20-57-66(54,55)62-31-29(42)32(59-63(45,46)47)34(61-65(51,52)53)33(30(31)43)60-64(48,49)50;;;;/h22-24,28-34,42-43H,2-21H2,1H3,(H,36,39)(H,54,55)(H2,37,38,44)(H2,45,46,47)(H2,48,49,50)(H2,51,52,53);;;;/q;4*+1/p-4/t22-,23+,24+,28+,29+,30+,31?,32-,33+,34?;;;;/m1..../s1. The summed E-state index contributed by atoms with van der Waals surface area (Å²) in [5.74, 6) is -0.755. The van der Waals surface area contributed by atoms with Gasteiger partial charge >= 0.3 is 136 Å². The zero-order valence-electron chi connectivity index (χ0n) is 40.6. The van der Waals surface area contributed by atoms with Crippen molar-refractivity contribution in [3.63, 3.8) is 0 Å². The second kappa shape index (κ2) is 37.3. The molecular weight excluding hydrogens is 1090 g/mol. The van der Waals surface area contributed by atoms with Gasteiger partial charge in [0, 0.05) is 36.8 Å². The number of phosphoric acid groups is 4. The Hall–Kier alpha value is 2.39. The van der Waals surface area contributed by atoms with Gasteiger partial charge in [-0.15, -0.1) is 0 Å². The van der Waals surface area contributed by atoms with Crippen LogP contribution in [0.25, 0.3) is 0 Å². The monoisotopic (exact) mass is 1160 g/mol. The van der Waals surface area contributed by atoms with E-state index in [1.54, 1.807) is 0 Å². The van der Waals surface area contributed by atoms with Crippen LogP contribution in [0.1, 0.15) is 110 Å². The fourth-order valence-electron chi connectivity index (χ4n) is 7.46. The average molecular weight is 1160 g/mol. The number of rotatable bonds is 33. The number of carbonyl (C=O) groups excluding carboxylic acids is 4. The number of thioether (sulfide) groups is 1. The predicted molar refractivity (Wildman–Crippen MR) is 223 cm³/mol. The minimum absolute atomic E-state index is 0. The summed E-state index contributed by atoms with van der Waals surface area (Å²) in [7, 11) is -24.3. The molecule has 6 unspecified atom stereocenters. The number of aliphatic hydroxyl groups is 2. The average Bonchev–Trinajstić information content (AvgIpc) is 3.77. The second-order valence-corrected chi connectivity index (χ2v) is 22.2. The molecule has 0 bridgehead atoms. The number of amides is 3. The molecule has 71 heavy (non-hydrogen) atoms. The summed E-state index contributed by atoms with van der Waals surface area (Å²) in [5.41, 5.74) is 0. The number of esters is 2. The van der Waals surface area contributed by atoms with E-state index in [1.165, 1.54) is 0 Å². The van der Waals surface area contributed by atoms with Gasteiger partial charge in [-0.1, -0.05) is 58.3 Å². The number of ether oxygens (including phenoxy) is 2. The molecule has 27 nitrogen and oxygen atoms in total. The number of fused-ring (bicyclic) bond motifs is 1. The van der Waals surface area contributed by atoms with Gasteiger partial charge < -0.3 is 92.5 Å². The summed E-state index contributed by atoms with van der Waals surface area (Å²) in [6.45, 7) is 0.596. The van der Waals surface area contributed by atoms with Gasteiger partial charge in [-0.2, -0.15) is 11.8 Å². The zero-order chi connectivity index (χ0) is 50.0. The molecule has 3 aliphatic rings. The number of nitrogens with one attached hydrogen (secondary N) is 3. The zero-order valence-corrected chi connectivity index (χ0v) is 53.0. The maximum Gasteiger partial charge on any atom is 1.00 e. The summed E-state index contributed by atoms with van der Waals surface area (Å²) in [6.07, 6.45) is -9.42. The van der Waals surface area contributed by atoms with Crippen molar-refractivity contribution in [1.29, 1.82) is 0 Å². The summed E-state index contributed by atoms with van der Waals surface area (Å²) >= 11 is 1.83. The van der Waals surface area contributed by atoms with E-state index in [9.17, 15) is 81.9 Å². The van der Waals surface area contributed by atoms with E-state index in [0.717, 1.165) is 57.1 Å². The topological polar surface area (TPSA) is 431 Å². The maximum atomic E-state index is 13.0. The van der Waals surface area contributed by atoms with Crippen LogP contribution < -0.4 is 154 Å². The Morgan fingerprint density at radius 1 is 0.676 bits per heavy atom. The van der Waals surface area contributed by atoms with Gasteiger partial charge in [-0.3, -0.25) is 32.6 Å². The van der Waals surface area contributed by atoms with E-state index in [0.29, 0.717) is 50.3 Å². The largest absolute Gasteiger partial charge is 1.00 e. The molecule has 36 heteroatoms. The molecule has 14 atom stereocenters. The fourth-order valence-corrected chi connectivity index (χ4v) is 11.6. The molecule has 3 fully saturated rings. The predicted octanol–water partition coefficient (Wildman–Crippen LogP) is -12.9. The third-order valence-corrected chi connectivity index (χ3v) is 14.6. The van der Waals surface area contributed by atoms with E-state index in [2.05, 4.69) is 34.0 Å². The Kier molecular flexibility index (Phi) is 39.7. The summed E-state index contributed by atoms with van der Waals surface area (Å²) in [6, 6.07) is 0.154. The third-order valence-electron chi connectivity index (χ3n) is 10.6. The van der Waals surface area contributed by atoms with Crippen molar-refractivity contribution in [3.8, 4) is 0 Å². The van der Waals surface area contributed by atoms with E-state index < -0.39 is 99.2 Å². The van der Waals surface area contributed by atoms with Crippen molar-refractivity contribution >= 4 is 66.9 Å². The number of unbranched alkanes of at least 4 members (excludes halogenated alkanes) is 9. The van der Waals surface area contributed by atoms with E-state index >= 15 is 0 Å². The number of hydrogen-bond donors (Lipinski definition) is 8. The van der Waals surface area contributed by atoms with Crippen LogP contribution in [0.15, 0.2) is 0 Å². The van der Waals surface area contributed by atoms with Crippen LogP contribution in [0.3, 0.4) is 0 Å². The van der Waals surface area contributed by atoms with Gasteiger partial charge in [-0.25, -0.2) is 4.79 Å². The van der Waals surface area contributed by atoms with Crippen LogP contribution in [-0.4, -0.2) is 134 Å². The normalized spacial score (nSPS) is 27.3. The maximum absolute atomic E-state index is 13.0. The molecule has 0 spiro atoms. The number of carbonyl (C=O) groups is 4. The molecule has 1 aliphatic carbocycles. The number of urea groups is 1. The Bertz CT molecular complexity index is 1770. The first kappa shape index (κ1) is 75.5. The molecule has 3 rings (SSSR count). The molecular formula is C35H61N3Na4O24P4S. The summed E-state index contributed by atoms with van der Waals surface area (Å²) < 4.78 is 79.9. The van der Waals surface area contributed by atoms with Crippen LogP contribution in [0.4, 0.5) is 4.79 Å². The van der Waals surface area contributed by atoms with Crippen LogP contribution in [0.5, 0.6) is 0 Å². The first-order valence-corrected chi connectivity index (χ1v) is 28.7. The van der Waals surface area contributed by atoms with Crippen LogP contribution in [-0.2, 0) is 64.7 Å². The van der Waals surface area contributed by atoms with Crippen molar-refractivity contribution in [1.82, 2.24) is 16.0 Å². The molecule has 0 radical (unpaired) electrons. The first-order chi connectivity index (χ1) is 31.3. The molecule has 3 amide bonds. The van der Waals surface area contributed by atoms with Gasteiger partial charge in [0.2, 0.25) is 5.91 Å². The molecule has 0 aromatic rings. The van der Waals surface area contributed by atoms with E-state index in [-0.39, 0.29) is 155 Å². The molecule has 1 saturated carbocycles. The van der Waals surface area contributed by atoms with Crippen molar-refractivity contribution in [2.24, 2.45) is 0 Å². The molecule has 0 aromatic carbocycles. The third kappa shape index (κ3) is 31.1. The SMILES string of the molecule is CCCCCCCC(=O)O[C@H](COC(=O)CCCCCCCNC(=O)CCCC[C@@H]1SC[C@@H]2NC(=O)N[C@@H]21)COP(=O)([O-])OC1[C@H](O)[C@H](OP(=O)([O-])O)C(OP(=O)([O-])O)[C@H](OP(=O)([O-])O)[C@H]1O.[Na+].[Na+].[Na+].[Na+]. The van der Waals surface area contributed by atoms with Crippen LogP contribution >= 0.6 is 43.1 Å². The minimum Gasteiger partial charge on any atom is -0.756 e. The Labute approximate surface area is 504 Å². The van der Waals surface area contributed by atoms with Gasteiger partial charge in [0.15, 0.2) is 6.10 Å². The molecule has 8 N–H and O–H groups in total. The fraction of sp³-hybridized carbons (Fsp3) is 0.886. The first-order valence-electron chi connectivity index (χ1n) is 21.7. The van der Waals surface area contributed by atoms with E-state index in [4.69, 9.17) is 14.0 Å². The van der Waals surface area contributed by atoms with Crippen LogP contribution in [0.2, 0.25) is 0 Å².